The lowest BCUT2D eigenvalue weighted by Crippen LogP contribution is -2.00. The molecule has 0 atom stereocenters. The molecule has 3 aromatic carbocycles. The average molecular weight is 449 g/mol. The van der Waals surface area contributed by atoms with Crippen molar-refractivity contribution in [3.8, 4) is 34.3 Å². The van der Waals surface area contributed by atoms with Gasteiger partial charge in [0.2, 0.25) is 0 Å². The van der Waals surface area contributed by atoms with Crippen LogP contribution < -0.4 is 5.43 Å². The molecule has 4 aromatic rings. The quantitative estimate of drug-likeness (QED) is 0.266. The van der Waals surface area contributed by atoms with E-state index in [-0.39, 0.29) is 39.4 Å². The van der Waals surface area contributed by atoms with E-state index in [1.54, 1.807) is 12.1 Å². The number of rotatable bonds is 6. The van der Waals surface area contributed by atoms with Crippen molar-refractivity contribution in [1.82, 2.24) is 0 Å². The number of fused-ring (bicyclic) bond motifs is 1. The lowest BCUT2D eigenvalue weighted by atomic mass is 10.1. The Kier molecular flexibility index (Phi) is 7.97. The van der Waals surface area contributed by atoms with Crippen LogP contribution in [0.4, 0.5) is 0 Å². The van der Waals surface area contributed by atoms with Crippen molar-refractivity contribution in [2.45, 2.75) is 39.0 Å². The number of benzene rings is 3. The van der Waals surface area contributed by atoms with Gasteiger partial charge in [0.05, 0.1) is 0 Å². The fourth-order valence-corrected chi connectivity index (χ4v) is 3.50. The van der Waals surface area contributed by atoms with Gasteiger partial charge in [0.25, 0.3) is 0 Å². The third-order valence-electron chi connectivity index (χ3n) is 5.22. The van der Waals surface area contributed by atoms with E-state index in [0.29, 0.717) is 5.76 Å². The Morgan fingerprint density at radius 2 is 1.48 bits per heavy atom. The minimum absolute atomic E-state index is 0.0671. The molecule has 6 heteroatoms. The lowest BCUT2D eigenvalue weighted by Gasteiger charge is -2.04. The van der Waals surface area contributed by atoms with E-state index < -0.39 is 0 Å². The highest BCUT2D eigenvalue weighted by atomic mass is 16.3. The van der Waals surface area contributed by atoms with E-state index in [1.165, 1.54) is 37.5 Å². The molecule has 4 N–H and O–H groups in total. The molecular formula is C27H28O6. The molecular weight excluding hydrogens is 420 g/mol. The first-order chi connectivity index (χ1) is 15.9. The van der Waals surface area contributed by atoms with Crippen LogP contribution in [0.2, 0.25) is 0 Å². The Balaban J connectivity index is 0.000000196. The van der Waals surface area contributed by atoms with Gasteiger partial charge in [-0.05, 0) is 24.5 Å². The standard InChI is InChI=1S/C15H10O4.C12H18O2/c16-10-6-11(17)15-12(18)8-13(19-14(15)7-10)9-4-2-1-3-5-9;1-2-3-4-5-6-10-7-8-11(13)9-12(10)14/h1-8,16-17H;7-9,13-14H,2-6H2,1H3. The van der Waals surface area contributed by atoms with Crippen molar-refractivity contribution in [3.05, 3.63) is 82.5 Å². The zero-order valence-corrected chi connectivity index (χ0v) is 18.5. The van der Waals surface area contributed by atoms with E-state index >= 15 is 0 Å². The van der Waals surface area contributed by atoms with Crippen LogP contribution in [0.1, 0.15) is 38.2 Å². The highest BCUT2D eigenvalue weighted by molar-refractivity contribution is 5.85. The minimum Gasteiger partial charge on any atom is -0.508 e. The molecule has 0 aliphatic rings. The van der Waals surface area contributed by atoms with Crippen LogP contribution >= 0.6 is 0 Å². The van der Waals surface area contributed by atoms with Crippen molar-refractivity contribution in [2.24, 2.45) is 0 Å². The fraction of sp³-hybridized carbons (Fsp3) is 0.222. The zero-order valence-electron chi connectivity index (χ0n) is 18.5. The highest BCUT2D eigenvalue weighted by Gasteiger charge is 2.11. The van der Waals surface area contributed by atoms with Crippen LogP contribution in [0.5, 0.6) is 23.0 Å². The van der Waals surface area contributed by atoms with Crippen molar-refractivity contribution in [1.29, 1.82) is 0 Å². The summed E-state index contributed by atoms with van der Waals surface area (Å²) >= 11 is 0. The maximum absolute atomic E-state index is 12.0. The van der Waals surface area contributed by atoms with Crippen LogP contribution in [0.25, 0.3) is 22.3 Å². The summed E-state index contributed by atoms with van der Waals surface area (Å²) in [5.74, 6) is 0.283. The molecule has 0 spiro atoms. The average Bonchev–Trinajstić information content (AvgIpc) is 2.78. The first-order valence-corrected chi connectivity index (χ1v) is 10.9. The molecule has 0 amide bonds. The maximum atomic E-state index is 12.0. The van der Waals surface area contributed by atoms with Gasteiger partial charge < -0.3 is 24.8 Å². The summed E-state index contributed by atoms with van der Waals surface area (Å²) in [6.07, 6.45) is 5.68. The first kappa shape index (κ1) is 23.7. The molecule has 172 valence electrons. The molecule has 0 saturated carbocycles. The molecule has 0 fully saturated rings. The summed E-state index contributed by atoms with van der Waals surface area (Å²) in [5, 5.41) is 37.8. The molecule has 0 aliphatic carbocycles. The van der Waals surface area contributed by atoms with Gasteiger partial charge in [-0.2, -0.15) is 0 Å². The van der Waals surface area contributed by atoms with Crippen LogP contribution in [-0.2, 0) is 6.42 Å². The maximum Gasteiger partial charge on any atom is 0.197 e. The van der Waals surface area contributed by atoms with Gasteiger partial charge in [0.15, 0.2) is 5.43 Å². The monoisotopic (exact) mass is 448 g/mol. The molecule has 0 saturated heterocycles. The lowest BCUT2D eigenvalue weighted by molar-refractivity contribution is 0.444. The van der Waals surface area contributed by atoms with Gasteiger partial charge in [-0.1, -0.05) is 62.6 Å². The first-order valence-electron chi connectivity index (χ1n) is 10.9. The number of unbranched alkanes of at least 4 members (excludes halogenated alkanes) is 3. The Morgan fingerprint density at radius 3 is 2.18 bits per heavy atom. The summed E-state index contributed by atoms with van der Waals surface area (Å²) in [5.41, 5.74) is 1.49. The molecule has 0 bridgehead atoms. The molecule has 0 aliphatic heterocycles. The summed E-state index contributed by atoms with van der Waals surface area (Å²) < 4.78 is 5.57. The Hall–Kier alpha value is -3.93. The molecule has 1 aromatic heterocycles. The van der Waals surface area contributed by atoms with Crippen molar-refractivity contribution >= 4 is 11.0 Å². The number of aryl methyl sites for hydroxylation is 1. The second-order valence-corrected chi connectivity index (χ2v) is 7.80. The molecule has 6 nitrogen and oxygen atoms in total. The van der Waals surface area contributed by atoms with E-state index in [2.05, 4.69) is 6.92 Å². The van der Waals surface area contributed by atoms with Gasteiger partial charge in [-0.15, -0.1) is 0 Å². The van der Waals surface area contributed by atoms with Crippen molar-refractivity contribution < 1.29 is 24.8 Å². The van der Waals surface area contributed by atoms with E-state index in [0.717, 1.165) is 30.0 Å². The summed E-state index contributed by atoms with van der Waals surface area (Å²) in [6.45, 7) is 2.18. The molecule has 33 heavy (non-hydrogen) atoms. The third-order valence-corrected chi connectivity index (χ3v) is 5.22. The van der Waals surface area contributed by atoms with Crippen molar-refractivity contribution in [2.75, 3.05) is 0 Å². The smallest absolute Gasteiger partial charge is 0.197 e. The van der Waals surface area contributed by atoms with Crippen LogP contribution in [-0.4, -0.2) is 20.4 Å². The van der Waals surface area contributed by atoms with Crippen molar-refractivity contribution in [3.63, 3.8) is 0 Å². The molecule has 0 radical (unpaired) electrons. The number of hydrogen-bond donors (Lipinski definition) is 4. The van der Waals surface area contributed by atoms with E-state index in [9.17, 15) is 20.1 Å². The van der Waals surface area contributed by atoms with Crippen LogP contribution in [0.3, 0.4) is 0 Å². The van der Waals surface area contributed by atoms with E-state index in [4.69, 9.17) is 9.52 Å². The Labute approximate surface area is 192 Å². The SMILES string of the molecule is CCCCCCc1ccc(O)cc1O.O=c1cc(-c2ccccc2)oc2cc(O)cc(O)c12. The predicted molar refractivity (Wildman–Crippen MR) is 129 cm³/mol. The number of phenolic OH excluding ortho intramolecular Hbond substituents is 4. The molecule has 1 heterocycles. The van der Waals surface area contributed by atoms with Gasteiger partial charge in [-0.25, -0.2) is 0 Å². The number of hydrogen-bond acceptors (Lipinski definition) is 6. The predicted octanol–water partition coefficient (Wildman–Crippen LogP) is 6.09. The fourth-order valence-electron chi connectivity index (χ4n) is 3.50. The van der Waals surface area contributed by atoms with Crippen LogP contribution in [0, 0.1) is 0 Å². The Bertz CT molecular complexity index is 1260. The summed E-state index contributed by atoms with van der Waals surface area (Å²) in [4.78, 5) is 12.0. The van der Waals surface area contributed by atoms with Gasteiger partial charge in [0.1, 0.15) is 39.7 Å². The highest BCUT2D eigenvalue weighted by Crippen LogP contribution is 2.30. The summed E-state index contributed by atoms with van der Waals surface area (Å²) in [6, 6.07) is 17.7. The Morgan fingerprint density at radius 1 is 0.758 bits per heavy atom. The van der Waals surface area contributed by atoms with Crippen LogP contribution in [0.15, 0.2) is 75.9 Å². The topological polar surface area (TPSA) is 111 Å². The largest absolute Gasteiger partial charge is 0.508 e. The zero-order chi connectivity index (χ0) is 23.8. The van der Waals surface area contributed by atoms with Gasteiger partial charge >= 0.3 is 0 Å². The van der Waals surface area contributed by atoms with Gasteiger partial charge in [-0.3, -0.25) is 4.79 Å². The second-order valence-electron chi connectivity index (χ2n) is 7.80. The third kappa shape index (κ3) is 6.29. The second kappa shape index (κ2) is 11.1. The van der Waals surface area contributed by atoms with E-state index in [1.807, 2.05) is 30.3 Å². The molecule has 0 unspecified atom stereocenters. The molecule has 4 rings (SSSR count). The summed E-state index contributed by atoms with van der Waals surface area (Å²) in [7, 11) is 0. The number of phenols is 4. The normalized spacial score (nSPS) is 10.6. The number of aromatic hydroxyl groups is 4. The minimum atomic E-state index is -0.349. The van der Waals surface area contributed by atoms with Gasteiger partial charge in [0, 0.05) is 29.8 Å².